The van der Waals surface area contributed by atoms with Gasteiger partial charge in [0.25, 0.3) is 0 Å². The van der Waals surface area contributed by atoms with E-state index < -0.39 is 5.97 Å². The Kier molecular flexibility index (Phi) is 2.74. The van der Waals surface area contributed by atoms with Gasteiger partial charge in [-0.05, 0) is 38.1 Å². The van der Waals surface area contributed by atoms with Gasteiger partial charge in [0.15, 0.2) is 0 Å². The number of hydrogen-bond donors (Lipinski definition) is 2. The second-order valence-electron chi connectivity index (χ2n) is 4.34. The summed E-state index contributed by atoms with van der Waals surface area (Å²) in [5.41, 5.74) is 0. The van der Waals surface area contributed by atoms with Crippen LogP contribution in [0.15, 0.2) is 0 Å². The lowest BCUT2D eigenvalue weighted by molar-refractivity contribution is -0.144. The Morgan fingerprint density at radius 2 is 2.14 bits per heavy atom. The van der Waals surface area contributed by atoms with Crippen molar-refractivity contribution in [3.8, 4) is 0 Å². The molecule has 2 rings (SSSR count). The Balaban J connectivity index is 2.05. The Labute approximate surface area is 83.5 Å². The van der Waals surface area contributed by atoms with Gasteiger partial charge in [0.05, 0.1) is 6.61 Å². The van der Waals surface area contributed by atoms with Gasteiger partial charge in [0, 0.05) is 6.04 Å². The average Bonchev–Trinajstić information content (AvgIpc) is 2.84. The van der Waals surface area contributed by atoms with Gasteiger partial charge in [-0.2, -0.15) is 0 Å². The lowest BCUT2D eigenvalue weighted by Crippen LogP contribution is -2.46. The Morgan fingerprint density at radius 1 is 1.43 bits per heavy atom. The van der Waals surface area contributed by atoms with E-state index in [1.165, 1.54) is 0 Å². The largest absolute Gasteiger partial charge is 0.480 e. The SMILES string of the molecule is O=C(O)C(C1CC1)N1CCCC1CO. The molecule has 2 N–H and O–H groups in total. The number of carbonyl (C=O) groups is 1. The third-order valence-corrected chi connectivity index (χ3v) is 3.31. The van der Waals surface area contributed by atoms with Crippen molar-refractivity contribution in [2.75, 3.05) is 13.2 Å². The highest BCUT2D eigenvalue weighted by atomic mass is 16.4. The summed E-state index contributed by atoms with van der Waals surface area (Å²) in [7, 11) is 0. The second-order valence-corrected chi connectivity index (χ2v) is 4.34. The standard InChI is InChI=1S/C10H17NO3/c12-6-8-2-1-5-11(8)9(10(13)14)7-3-4-7/h7-9,12H,1-6H2,(H,13,14). The van der Waals surface area contributed by atoms with Gasteiger partial charge in [0.1, 0.15) is 6.04 Å². The molecular weight excluding hydrogens is 182 g/mol. The number of nitrogens with zero attached hydrogens (tertiary/aromatic N) is 1. The van der Waals surface area contributed by atoms with Crippen LogP contribution in [0.25, 0.3) is 0 Å². The molecule has 2 atom stereocenters. The number of aliphatic hydroxyl groups excluding tert-OH is 1. The van der Waals surface area contributed by atoms with Crippen LogP contribution in [-0.4, -0.2) is 46.3 Å². The van der Waals surface area contributed by atoms with E-state index in [1.54, 1.807) is 0 Å². The maximum Gasteiger partial charge on any atom is 0.321 e. The first kappa shape index (κ1) is 9.93. The molecule has 0 aromatic rings. The normalized spacial score (nSPS) is 30.5. The van der Waals surface area contributed by atoms with E-state index in [1.807, 2.05) is 4.90 Å². The van der Waals surface area contributed by atoms with Crippen molar-refractivity contribution in [1.29, 1.82) is 0 Å². The molecule has 14 heavy (non-hydrogen) atoms. The maximum absolute atomic E-state index is 11.1. The summed E-state index contributed by atoms with van der Waals surface area (Å²) in [6.45, 7) is 0.926. The summed E-state index contributed by atoms with van der Waals surface area (Å²) in [6, 6.07) is -0.258. The third kappa shape index (κ3) is 1.77. The summed E-state index contributed by atoms with van der Waals surface area (Å²) < 4.78 is 0. The van der Waals surface area contributed by atoms with Gasteiger partial charge >= 0.3 is 5.97 Å². The predicted molar refractivity (Wildman–Crippen MR) is 51.0 cm³/mol. The van der Waals surface area contributed by atoms with Gasteiger partial charge in [-0.3, -0.25) is 9.69 Å². The molecule has 2 fully saturated rings. The summed E-state index contributed by atoms with van der Waals surface area (Å²) in [4.78, 5) is 13.1. The van der Waals surface area contributed by atoms with E-state index >= 15 is 0 Å². The van der Waals surface area contributed by atoms with E-state index in [0.717, 1.165) is 32.2 Å². The molecule has 0 aromatic carbocycles. The van der Waals surface area contributed by atoms with E-state index in [0.29, 0.717) is 5.92 Å². The summed E-state index contributed by atoms with van der Waals surface area (Å²) in [5, 5.41) is 18.3. The van der Waals surface area contributed by atoms with Crippen molar-refractivity contribution in [3.63, 3.8) is 0 Å². The number of rotatable bonds is 4. The van der Waals surface area contributed by atoms with E-state index in [2.05, 4.69) is 0 Å². The first-order chi connectivity index (χ1) is 6.74. The molecular formula is C10H17NO3. The summed E-state index contributed by atoms with van der Waals surface area (Å²) >= 11 is 0. The van der Waals surface area contributed by atoms with Gasteiger partial charge in [-0.1, -0.05) is 0 Å². The van der Waals surface area contributed by atoms with Crippen LogP contribution in [0.5, 0.6) is 0 Å². The molecule has 0 radical (unpaired) electrons. The minimum atomic E-state index is -0.715. The smallest absolute Gasteiger partial charge is 0.321 e. The third-order valence-electron chi connectivity index (χ3n) is 3.31. The Morgan fingerprint density at radius 3 is 2.64 bits per heavy atom. The van der Waals surface area contributed by atoms with Crippen molar-refractivity contribution in [2.24, 2.45) is 5.92 Å². The van der Waals surface area contributed by atoms with Crippen LogP contribution in [0.3, 0.4) is 0 Å². The highest BCUT2D eigenvalue weighted by molar-refractivity contribution is 5.74. The quantitative estimate of drug-likeness (QED) is 0.684. The number of carboxylic acids is 1. The zero-order chi connectivity index (χ0) is 10.1. The minimum absolute atomic E-state index is 0.0803. The molecule has 1 aliphatic carbocycles. The van der Waals surface area contributed by atoms with Crippen LogP contribution in [0.1, 0.15) is 25.7 Å². The number of aliphatic carboxylic acids is 1. The summed E-state index contributed by atoms with van der Waals surface area (Å²) in [6.07, 6.45) is 4.02. The zero-order valence-electron chi connectivity index (χ0n) is 8.22. The fraction of sp³-hybridized carbons (Fsp3) is 0.900. The van der Waals surface area contributed by atoms with Crippen LogP contribution >= 0.6 is 0 Å². The second kappa shape index (κ2) is 3.87. The molecule has 1 saturated carbocycles. The van der Waals surface area contributed by atoms with Crippen LogP contribution in [0.2, 0.25) is 0 Å². The number of likely N-dealkylation sites (tertiary alicyclic amines) is 1. The number of hydrogen-bond acceptors (Lipinski definition) is 3. The van der Waals surface area contributed by atoms with Crippen LogP contribution in [0.4, 0.5) is 0 Å². The fourth-order valence-corrected chi connectivity index (χ4v) is 2.45. The highest BCUT2D eigenvalue weighted by Crippen LogP contribution is 2.38. The number of carboxylic acid groups (broad SMARTS) is 1. The molecule has 4 heteroatoms. The molecule has 2 aliphatic rings. The minimum Gasteiger partial charge on any atom is -0.480 e. The van der Waals surface area contributed by atoms with Crippen molar-refractivity contribution in [2.45, 2.75) is 37.8 Å². The van der Waals surface area contributed by atoms with Crippen LogP contribution in [-0.2, 0) is 4.79 Å². The molecule has 80 valence electrons. The van der Waals surface area contributed by atoms with Crippen LogP contribution in [0, 0.1) is 5.92 Å². The Bertz CT molecular complexity index is 227. The lowest BCUT2D eigenvalue weighted by atomic mass is 10.1. The molecule has 2 unspecified atom stereocenters. The van der Waals surface area contributed by atoms with Gasteiger partial charge < -0.3 is 10.2 Å². The molecule has 0 amide bonds. The average molecular weight is 199 g/mol. The first-order valence-electron chi connectivity index (χ1n) is 5.33. The van der Waals surface area contributed by atoms with Crippen molar-refractivity contribution in [1.82, 2.24) is 4.90 Å². The Hall–Kier alpha value is -0.610. The molecule has 1 saturated heterocycles. The van der Waals surface area contributed by atoms with E-state index in [-0.39, 0.29) is 18.7 Å². The van der Waals surface area contributed by atoms with Crippen LogP contribution < -0.4 is 0 Å². The van der Waals surface area contributed by atoms with E-state index in [4.69, 9.17) is 10.2 Å². The highest BCUT2D eigenvalue weighted by Gasteiger charge is 2.43. The predicted octanol–water partition coefficient (Wildman–Crippen LogP) is 0.306. The molecule has 0 spiro atoms. The monoisotopic (exact) mass is 199 g/mol. The molecule has 0 aromatic heterocycles. The summed E-state index contributed by atoms with van der Waals surface area (Å²) in [5.74, 6) is -0.382. The van der Waals surface area contributed by atoms with Gasteiger partial charge in [0.2, 0.25) is 0 Å². The zero-order valence-corrected chi connectivity index (χ0v) is 8.22. The molecule has 0 bridgehead atoms. The van der Waals surface area contributed by atoms with Gasteiger partial charge in [-0.15, -0.1) is 0 Å². The topological polar surface area (TPSA) is 60.8 Å². The van der Waals surface area contributed by atoms with Crippen molar-refractivity contribution >= 4 is 5.97 Å². The van der Waals surface area contributed by atoms with E-state index in [9.17, 15) is 4.79 Å². The first-order valence-corrected chi connectivity index (χ1v) is 5.33. The lowest BCUT2D eigenvalue weighted by Gasteiger charge is -2.29. The van der Waals surface area contributed by atoms with Gasteiger partial charge in [-0.25, -0.2) is 0 Å². The molecule has 1 heterocycles. The maximum atomic E-state index is 11.1. The molecule has 1 aliphatic heterocycles. The molecule has 4 nitrogen and oxygen atoms in total. The fourth-order valence-electron chi connectivity index (χ4n) is 2.45. The van der Waals surface area contributed by atoms with Crippen molar-refractivity contribution in [3.05, 3.63) is 0 Å². The number of aliphatic hydroxyl groups is 1. The van der Waals surface area contributed by atoms with Crippen molar-refractivity contribution < 1.29 is 15.0 Å².